The molecule has 0 aliphatic carbocycles. The van der Waals surface area contributed by atoms with Crippen molar-refractivity contribution in [2.24, 2.45) is 5.41 Å². The van der Waals surface area contributed by atoms with Crippen LogP contribution in [-0.2, 0) is 16.1 Å². The molecule has 1 N–H and O–H groups in total. The Morgan fingerprint density at radius 3 is 2.24 bits per heavy atom. The van der Waals surface area contributed by atoms with E-state index in [0.717, 1.165) is 12.0 Å². The van der Waals surface area contributed by atoms with Crippen LogP contribution in [0.5, 0.6) is 5.75 Å². The van der Waals surface area contributed by atoms with Gasteiger partial charge in [0.2, 0.25) is 5.91 Å². The van der Waals surface area contributed by atoms with Crippen LogP contribution in [0.3, 0.4) is 0 Å². The molecule has 7 nitrogen and oxygen atoms in total. The quantitative estimate of drug-likeness (QED) is 0.422. The molecule has 0 bridgehead atoms. The number of urea groups is 1. The van der Waals surface area contributed by atoms with Gasteiger partial charge in [-0.15, -0.1) is 0 Å². The Morgan fingerprint density at radius 1 is 1.03 bits per heavy atom. The van der Waals surface area contributed by atoms with Crippen molar-refractivity contribution in [3.8, 4) is 5.75 Å². The SMILES string of the molecule is CCC[C@]1(CC)C(=O)N(C(=O)NCc2ccccc2)[C@H]1Oc1ccc(C(=O)OC(C)(C)C)cc1. The van der Waals surface area contributed by atoms with Gasteiger partial charge in [-0.2, -0.15) is 0 Å². The average molecular weight is 467 g/mol. The number of nitrogens with one attached hydrogen (secondary N) is 1. The molecule has 0 aromatic heterocycles. The van der Waals surface area contributed by atoms with E-state index in [4.69, 9.17) is 9.47 Å². The second kappa shape index (κ2) is 10.3. The van der Waals surface area contributed by atoms with E-state index in [9.17, 15) is 14.4 Å². The molecule has 1 fully saturated rings. The number of carbonyl (C=O) groups excluding carboxylic acids is 3. The zero-order valence-corrected chi connectivity index (χ0v) is 20.6. The summed E-state index contributed by atoms with van der Waals surface area (Å²) in [6.07, 6.45) is 1.23. The molecule has 1 saturated heterocycles. The van der Waals surface area contributed by atoms with E-state index in [1.54, 1.807) is 24.3 Å². The van der Waals surface area contributed by atoms with E-state index < -0.39 is 29.2 Å². The lowest BCUT2D eigenvalue weighted by atomic mass is 9.70. The summed E-state index contributed by atoms with van der Waals surface area (Å²) in [7, 11) is 0. The van der Waals surface area contributed by atoms with E-state index in [1.165, 1.54) is 4.90 Å². The summed E-state index contributed by atoms with van der Waals surface area (Å²) in [6.45, 7) is 9.69. The highest BCUT2D eigenvalue weighted by molar-refractivity contribution is 6.03. The molecule has 0 radical (unpaired) electrons. The number of nitrogens with zero attached hydrogens (tertiary/aromatic N) is 1. The minimum absolute atomic E-state index is 0.224. The summed E-state index contributed by atoms with van der Waals surface area (Å²) in [5, 5.41) is 2.82. The maximum absolute atomic E-state index is 13.2. The van der Waals surface area contributed by atoms with Crippen LogP contribution in [0.15, 0.2) is 54.6 Å². The van der Waals surface area contributed by atoms with Gasteiger partial charge in [-0.3, -0.25) is 4.79 Å². The predicted molar refractivity (Wildman–Crippen MR) is 129 cm³/mol. The Morgan fingerprint density at radius 2 is 1.68 bits per heavy atom. The van der Waals surface area contributed by atoms with Gasteiger partial charge in [-0.25, -0.2) is 14.5 Å². The van der Waals surface area contributed by atoms with E-state index in [2.05, 4.69) is 5.32 Å². The third-order valence-corrected chi connectivity index (χ3v) is 5.92. The molecule has 1 heterocycles. The van der Waals surface area contributed by atoms with Gasteiger partial charge < -0.3 is 14.8 Å². The highest BCUT2D eigenvalue weighted by Gasteiger charge is 2.63. The van der Waals surface area contributed by atoms with Crippen LogP contribution in [-0.4, -0.2) is 34.6 Å². The lowest BCUT2D eigenvalue weighted by Gasteiger charge is -2.53. The number of carbonyl (C=O) groups is 3. The summed E-state index contributed by atoms with van der Waals surface area (Å²) in [6, 6.07) is 15.6. The van der Waals surface area contributed by atoms with Gasteiger partial charge >= 0.3 is 12.0 Å². The third kappa shape index (κ3) is 5.41. The first kappa shape index (κ1) is 25.3. The number of imide groups is 1. The Balaban J connectivity index is 1.76. The normalized spacial score (nSPS) is 19.9. The highest BCUT2D eigenvalue weighted by atomic mass is 16.6. The van der Waals surface area contributed by atoms with Crippen molar-refractivity contribution in [1.29, 1.82) is 0 Å². The molecule has 1 aliphatic rings. The minimum Gasteiger partial charge on any atom is -0.469 e. The Bertz CT molecular complexity index is 1010. The molecular formula is C27H34N2O5. The van der Waals surface area contributed by atoms with E-state index >= 15 is 0 Å². The number of ether oxygens (including phenoxy) is 2. The van der Waals surface area contributed by atoms with E-state index in [1.807, 2.05) is 65.0 Å². The lowest BCUT2D eigenvalue weighted by molar-refractivity contribution is -0.191. The zero-order valence-electron chi connectivity index (χ0n) is 20.6. The van der Waals surface area contributed by atoms with Gasteiger partial charge in [0.05, 0.1) is 5.56 Å². The van der Waals surface area contributed by atoms with Crippen LogP contribution in [0.1, 0.15) is 69.8 Å². The van der Waals surface area contributed by atoms with E-state index in [0.29, 0.717) is 30.7 Å². The Labute approximate surface area is 201 Å². The first-order valence-corrected chi connectivity index (χ1v) is 11.8. The van der Waals surface area contributed by atoms with Gasteiger partial charge in [0, 0.05) is 6.54 Å². The van der Waals surface area contributed by atoms with Crippen LogP contribution in [0.2, 0.25) is 0 Å². The molecule has 34 heavy (non-hydrogen) atoms. The molecule has 0 spiro atoms. The molecule has 0 saturated carbocycles. The summed E-state index contributed by atoms with van der Waals surface area (Å²) >= 11 is 0. The van der Waals surface area contributed by atoms with Gasteiger partial charge in [0.1, 0.15) is 16.8 Å². The number of benzene rings is 2. The van der Waals surface area contributed by atoms with Gasteiger partial charge in [0.25, 0.3) is 0 Å². The molecule has 1 aliphatic heterocycles. The fourth-order valence-corrected chi connectivity index (χ4v) is 4.17. The van der Waals surface area contributed by atoms with Crippen LogP contribution < -0.4 is 10.1 Å². The molecule has 0 unspecified atom stereocenters. The zero-order chi connectivity index (χ0) is 24.9. The molecule has 2 atom stereocenters. The Kier molecular flexibility index (Phi) is 7.64. The number of amides is 3. The number of rotatable bonds is 8. The molecular weight excluding hydrogens is 432 g/mol. The predicted octanol–water partition coefficient (Wildman–Crippen LogP) is 5.30. The summed E-state index contributed by atoms with van der Waals surface area (Å²) in [5.74, 6) is -0.175. The number of hydrogen-bond acceptors (Lipinski definition) is 5. The van der Waals surface area contributed by atoms with Crippen molar-refractivity contribution in [2.45, 2.75) is 72.3 Å². The maximum Gasteiger partial charge on any atom is 0.338 e. The molecule has 3 amide bonds. The minimum atomic E-state index is -0.761. The second-order valence-electron chi connectivity index (χ2n) is 9.58. The largest absolute Gasteiger partial charge is 0.469 e. The van der Waals surface area contributed by atoms with Gasteiger partial charge in [-0.1, -0.05) is 50.6 Å². The van der Waals surface area contributed by atoms with Crippen molar-refractivity contribution in [2.75, 3.05) is 0 Å². The fourth-order valence-electron chi connectivity index (χ4n) is 4.17. The molecule has 7 heteroatoms. The first-order valence-electron chi connectivity index (χ1n) is 11.8. The van der Waals surface area contributed by atoms with Gasteiger partial charge in [-0.05, 0) is 63.4 Å². The standard InChI is InChI=1S/C27H34N2O5/c1-6-17-27(7-2)23(31)29(25(32)28-18-19-11-9-8-10-12-19)24(27)33-21-15-13-20(14-16-21)22(30)34-26(3,4)5/h8-16,24H,6-7,17-18H2,1-5H3,(H,28,32)/t24-,27+/m0/s1. The second-order valence-corrected chi connectivity index (χ2v) is 9.58. The van der Waals surface area contributed by atoms with Gasteiger partial charge in [0.15, 0.2) is 6.23 Å². The van der Waals surface area contributed by atoms with Crippen molar-refractivity contribution >= 4 is 17.9 Å². The number of β-lactam (4-membered cyclic amide) rings is 1. The lowest BCUT2D eigenvalue weighted by Crippen LogP contribution is -2.73. The third-order valence-electron chi connectivity index (χ3n) is 5.92. The highest BCUT2D eigenvalue weighted by Crippen LogP contribution is 2.47. The maximum atomic E-state index is 13.2. The van der Waals surface area contributed by atoms with Crippen molar-refractivity contribution in [3.63, 3.8) is 0 Å². The smallest absolute Gasteiger partial charge is 0.338 e. The van der Waals surface area contributed by atoms with Crippen LogP contribution in [0.4, 0.5) is 4.79 Å². The van der Waals surface area contributed by atoms with Crippen molar-refractivity contribution in [3.05, 3.63) is 65.7 Å². The molecule has 2 aromatic rings. The van der Waals surface area contributed by atoms with Crippen LogP contribution in [0.25, 0.3) is 0 Å². The summed E-state index contributed by atoms with van der Waals surface area (Å²) < 4.78 is 11.6. The first-order chi connectivity index (χ1) is 16.1. The number of hydrogen-bond donors (Lipinski definition) is 1. The Hall–Kier alpha value is -3.35. The van der Waals surface area contributed by atoms with Crippen molar-refractivity contribution < 1.29 is 23.9 Å². The topological polar surface area (TPSA) is 84.9 Å². The fraction of sp³-hybridized carbons (Fsp3) is 0.444. The van der Waals surface area contributed by atoms with E-state index in [-0.39, 0.29) is 5.91 Å². The van der Waals surface area contributed by atoms with Crippen LogP contribution in [0, 0.1) is 5.41 Å². The number of esters is 1. The van der Waals surface area contributed by atoms with Crippen molar-refractivity contribution in [1.82, 2.24) is 10.2 Å². The number of likely N-dealkylation sites (tertiary alicyclic amines) is 1. The molecule has 182 valence electrons. The summed E-state index contributed by atoms with van der Waals surface area (Å²) in [4.78, 5) is 39.6. The average Bonchev–Trinajstić information content (AvgIpc) is 2.80. The molecule has 2 aromatic carbocycles. The monoisotopic (exact) mass is 466 g/mol. The molecule has 3 rings (SSSR count). The summed E-state index contributed by atoms with van der Waals surface area (Å²) in [5.41, 5.74) is -0.00974. The van der Waals surface area contributed by atoms with Crippen LogP contribution >= 0.6 is 0 Å².